The zero-order valence-electron chi connectivity index (χ0n) is 15.0. The van der Waals surface area contributed by atoms with Gasteiger partial charge in [0.15, 0.2) is 0 Å². The number of nitrogens with zero attached hydrogens (tertiary/aromatic N) is 4. The Morgan fingerprint density at radius 2 is 1.88 bits per heavy atom. The topological polar surface area (TPSA) is 63.1 Å². The third-order valence-electron chi connectivity index (χ3n) is 4.15. The molecular weight excluding hydrogens is 326 g/mol. The van der Waals surface area contributed by atoms with Gasteiger partial charge in [0.05, 0.1) is 6.54 Å². The number of amides is 1. The molecule has 1 amide bonds. The predicted octanol–water partition coefficient (Wildman–Crippen LogP) is 2.25. The summed E-state index contributed by atoms with van der Waals surface area (Å²) < 4.78 is 1.77. The van der Waals surface area contributed by atoms with Gasteiger partial charge in [-0.15, -0.1) is 0 Å². The van der Waals surface area contributed by atoms with Crippen molar-refractivity contribution in [2.45, 2.75) is 19.1 Å². The van der Waals surface area contributed by atoms with E-state index in [2.05, 4.69) is 21.5 Å². The number of carbonyl (C=O) groups excluding carboxylic acids is 1. The minimum Gasteiger partial charge on any atom is -0.350 e. The molecule has 1 aromatic heterocycles. The fourth-order valence-electron chi connectivity index (χ4n) is 2.94. The second-order valence-corrected chi connectivity index (χ2v) is 6.41. The highest BCUT2D eigenvalue weighted by Crippen LogP contribution is 2.18. The van der Waals surface area contributed by atoms with Gasteiger partial charge in [-0.05, 0) is 30.8 Å². The third-order valence-corrected chi connectivity index (χ3v) is 4.15. The summed E-state index contributed by atoms with van der Waals surface area (Å²) in [4.78, 5) is 18.6. The summed E-state index contributed by atoms with van der Waals surface area (Å²) in [5.74, 6) is -0.0112. The maximum absolute atomic E-state index is 12.7. The fourth-order valence-corrected chi connectivity index (χ4v) is 2.94. The molecule has 0 aliphatic heterocycles. The first-order valence-corrected chi connectivity index (χ1v) is 8.53. The van der Waals surface area contributed by atoms with Crippen molar-refractivity contribution >= 4 is 5.91 Å². The van der Waals surface area contributed by atoms with Crippen molar-refractivity contribution in [1.29, 1.82) is 0 Å². The Labute approximate surface area is 153 Å². The number of likely N-dealkylation sites (N-methyl/N-ethyl adjacent to an activating group) is 1. The highest BCUT2D eigenvalue weighted by molar-refractivity contribution is 5.83. The van der Waals surface area contributed by atoms with Crippen molar-refractivity contribution in [3.05, 3.63) is 83.9 Å². The lowest BCUT2D eigenvalue weighted by Crippen LogP contribution is -2.36. The summed E-state index contributed by atoms with van der Waals surface area (Å²) >= 11 is 0. The maximum atomic E-state index is 12.7. The van der Waals surface area contributed by atoms with E-state index in [1.807, 2.05) is 67.5 Å². The summed E-state index contributed by atoms with van der Waals surface area (Å²) in [6.07, 6.45) is 3.21. The molecule has 0 aliphatic rings. The maximum Gasteiger partial charge on any atom is 0.242 e. The zero-order valence-corrected chi connectivity index (χ0v) is 15.0. The van der Waals surface area contributed by atoms with Crippen molar-refractivity contribution < 1.29 is 4.79 Å². The first-order chi connectivity index (χ1) is 12.6. The Morgan fingerprint density at radius 3 is 2.58 bits per heavy atom. The van der Waals surface area contributed by atoms with Crippen molar-refractivity contribution in [1.82, 2.24) is 25.0 Å². The van der Waals surface area contributed by atoms with Crippen LogP contribution in [0.2, 0.25) is 0 Å². The molecule has 2 aromatic carbocycles. The Morgan fingerprint density at radius 1 is 1.12 bits per heavy atom. The van der Waals surface area contributed by atoms with Crippen LogP contribution in [0.25, 0.3) is 0 Å². The lowest BCUT2D eigenvalue weighted by atomic mass is 10.0. The smallest absolute Gasteiger partial charge is 0.242 e. The van der Waals surface area contributed by atoms with Crippen LogP contribution in [-0.4, -0.2) is 39.7 Å². The molecular formula is C20H23N5O. The van der Waals surface area contributed by atoms with Gasteiger partial charge < -0.3 is 5.32 Å². The van der Waals surface area contributed by atoms with Crippen LogP contribution in [0.3, 0.4) is 0 Å². The number of hydrogen-bond acceptors (Lipinski definition) is 4. The average Bonchev–Trinajstić information content (AvgIpc) is 3.14. The van der Waals surface area contributed by atoms with Crippen molar-refractivity contribution in [3.63, 3.8) is 0 Å². The van der Waals surface area contributed by atoms with Crippen LogP contribution in [0.4, 0.5) is 0 Å². The van der Waals surface area contributed by atoms with Gasteiger partial charge >= 0.3 is 0 Å². The van der Waals surface area contributed by atoms with Crippen molar-refractivity contribution in [3.8, 4) is 0 Å². The first kappa shape index (κ1) is 17.8. The molecule has 3 rings (SSSR count). The summed E-state index contributed by atoms with van der Waals surface area (Å²) in [6.45, 7) is 1.15. The Bertz CT molecular complexity index is 830. The van der Waals surface area contributed by atoms with E-state index in [1.165, 1.54) is 6.33 Å². The van der Waals surface area contributed by atoms with E-state index in [0.29, 0.717) is 13.1 Å². The largest absolute Gasteiger partial charge is 0.350 e. The lowest BCUT2D eigenvalue weighted by Gasteiger charge is -2.24. The van der Waals surface area contributed by atoms with E-state index >= 15 is 0 Å². The summed E-state index contributed by atoms with van der Waals surface area (Å²) in [5, 5.41) is 7.17. The highest BCUT2D eigenvalue weighted by atomic mass is 16.2. The third kappa shape index (κ3) is 4.55. The van der Waals surface area contributed by atoms with Gasteiger partial charge in [-0.3, -0.25) is 9.69 Å². The van der Waals surface area contributed by atoms with Crippen molar-refractivity contribution in [2.75, 3.05) is 14.1 Å². The number of hydrogen-bond donors (Lipinski definition) is 1. The van der Waals surface area contributed by atoms with Crippen LogP contribution >= 0.6 is 0 Å². The van der Waals surface area contributed by atoms with Gasteiger partial charge in [0.25, 0.3) is 0 Å². The zero-order chi connectivity index (χ0) is 18.4. The van der Waals surface area contributed by atoms with E-state index in [1.54, 1.807) is 11.0 Å². The van der Waals surface area contributed by atoms with E-state index in [-0.39, 0.29) is 11.9 Å². The minimum atomic E-state index is -0.311. The predicted molar refractivity (Wildman–Crippen MR) is 100 cm³/mol. The van der Waals surface area contributed by atoms with Gasteiger partial charge in [-0.25, -0.2) is 9.67 Å². The molecule has 0 saturated heterocycles. The molecule has 3 aromatic rings. The second kappa shape index (κ2) is 8.40. The average molecular weight is 349 g/mol. The van der Waals surface area contributed by atoms with Gasteiger partial charge in [0, 0.05) is 6.54 Å². The van der Waals surface area contributed by atoms with Crippen LogP contribution in [0.15, 0.2) is 67.3 Å². The molecule has 0 fully saturated rings. The quantitative estimate of drug-likeness (QED) is 0.711. The van der Waals surface area contributed by atoms with Gasteiger partial charge in [0.2, 0.25) is 5.91 Å². The van der Waals surface area contributed by atoms with Gasteiger partial charge in [-0.1, -0.05) is 54.6 Å². The van der Waals surface area contributed by atoms with E-state index in [4.69, 9.17) is 0 Å². The van der Waals surface area contributed by atoms with E-state index in [0.717, 1.165) is 16.7 Å². The number of carbonyl (C=O) groups is 1. The molecule has 26 heavy (non-hydrogen) atoms. The van der Waals surface area contributed by atoms with Gasteiger partial charge in [-0.2, -0.15) is 5.10 Å². The lowest BCUT2D eigenvalue weighted by molar-refractivity contribution is -0.125. The Balaban J connectivity index is 1.65. The minimum absolute atomic E-state index is 0.0112. The highest BCUT2D eigenvalue weighted by Gasteiger charge is 2.22. The van der Waals surface area contributed by atoms with Crippen LogP contribution in [0.5, 0.6) is 0 Å². The molecule has 6 heteroatoms. The molecule has 134 valence electrons. The molecule has 1 N–H and O–H groups in total. The molecule has 0 aliphatic carbocycles. The Kier molecular flexibility index (Phi) is 5.76. The number of benzene rings is 2. The van der Waals surface area contributed by atoms with Crippen LogP contribution in [-0.2, 0) is 17.9 Å². The molecule has 1 heterocycles. The molecule has 1 atom stereocenters. The van der Waals surface area contributed by atoms with Crippen LogP contribution in [0.1, 0.15) is 22.7 Å². The summed E-state index contributed by atoms with van der Waals surface area (Å²) in [7, 11) is 3.83. The van der Waals surface area contributed by atoms with E-state index in [9.17, 15) is 4.79 Å². The fraction of sp³-hybridized carbons (Fsp3) is 0.250. The van der Waals surface area contributed by atoms with Crippen molar-refractivity contribution in [2.24, 2.45) is 0 Å². The molecule has 0 radical (unpaired) electrons. The van der Waals surface area contributed by atoms with E-state index < -0.39 is 0 Å². The second-order valence-electron chi connectivity index (χ2n) is 6.41. The first-order valence-electron chi connectivity index (χ1n) is 8.53. The number of nitrogens with one attached hydrogen (secondary N) is 1. The molecule has 0 spiro atoms. The molecule has 6 nitrogen and oxygen atoms in total. The van der Waals surface area contributed by atoms with Gasteiger partial charge in [0.1, 0.15) is 18.7 Å². The SMILES string of the molecule is CN(C)[C@H](C(=O)NCc1cccc(Cn2cncn2)c1)c1ccccc1. The summed E-state index contributed by atoms with van der Waals surface area (Å²) in [5.41, 5.74) is 3.16. The molecule has 0 saturated carbocycles. The number of rotatable bonds is 7. The standard InChI is InChI=1S/C20H23N5O/c1-24(2)19(18-9-4-3-5-10-18)20(26)22-12-16-7-6-8-17(11-16)13-25-15-21-14-23-25/h3-11,14-15,19H,12-13H2,1-2H3,(H,22,26)/t19-/m0/s1. The summed E-state index contributed by atoms with van der Waals surface area (Å²) in [6, 6.07) is 17.6. The normalized spacial score (nSPS) is 12.1. The molecule has 0 unspecified atom stereocenters. The van der Waals surface area contributed by atoms with Crippen LogP contribution in [0, 0.1) is 0 Å². The molecule has 0 bridgehead atoms. The van der Waals surface area contributed by atoms with Crippen LogP contribution < -0.4 is 5.32 Å². The number of aromatic nitrogens is 3. The monoisotopic (exact) mass is 349 g/mol. The Hall–Kier alpha value is -2.99.